The van der Waals surface area contributed by atoms with Crippen LogP contribution in [0, 0.1) is 0 Å². The molecule has 34 heavy (non-hydrogen) atoms. The number of nitrogens with zero attached hydrogens (tertiary/aromatic N) is 3. The molecule has 180 valence electrons. The maximum atomic E-state index is 13.2. The van der Waals surface area contributed by atoms with Gasteiger partial charge in [0.25, 0.3) is 5.91 Å². The van der Waals surface area contributed by atoms with Gasteiger partial charge in [-0.25, -0.2) is 4.79 Å². The summed E-state index contributed by atoms with van der Waals surface area (Å²) in [5.74, 6) is 0.627. The Labute approximate surface area is 200 Å². The fraction of sp³-hybridized carbons (Fsp3) is 0.462. The molecule has 3 heterocycles. The molecule has 2 aromatic rings. The number of benzene rings is 2. The van der Waals surface area contributed by atoms with E-state index in [-0.39, 0.29) is 12.0 Å². The summed E-state index contributed by atoms with van der Waals surface area (Å²) in [6.45, 7) is 6.75. The number of likely N-dealkylation sites (tertiary alicyclic amines) is 1. The van der Waals surface area contributed by atoms with Crippen molar-refractivity contribution < 1.29 is 23.8 Å². The van der Waals surface area contributed by atoms with Gasteiger partial charge >= 0.3 is 6.09 Å². The molecule has 8 nitrogen and oxygen atoms in total. The first-order chi connectivity index (χ1) is 16.6. The smallest absolute Gasteiger partial charge is 0.410 e. The molecule has 0 bridgehead atoms. The Kier molecular flexibility index (Phi) is 6.69. The van der Waals surface area contributed by atoms with Crippen LogP contribution in [0.25, 0.3) is 0 Å². The van der Waals surface area contributed by atoms with Gasteiger partial charge in [-0.3, -0.25) is 14.6 Å². The van der Waals surface area contributed by atoms with Crippen molar-refractivity contribution >= 4 is 12.0 Å². The van der Waals surface area contributed by atoms with E-state index >= 15 is 0 Å². The molecule has 0 radical (unpaired) electrons. The Morgan fingerprint density at radius 1 is 1.00 bits per heavy atom. The Bertz CT molecular complexity index is 1010. The van der Waals surface area contributed by atoms with Crippen molar-refractivity contribution in [2.24, 2.45) is 0 Å². The summed E-state index contributed by atoms with van der Waals surface area (Å²) in [5, 5.41) is 0. The van der Waals surface area contributed by atoms with E-state index in [0.29, 0.717) is 50.5 Å². The topological polar surface area (TPSA) is 71.5 Å². The van der Waals surface area contributed by atoms with Crippen LogP contribution in [-0.2, 0) is 16.0 Å². The highest BCUT2D eigenvalue weighted by Crippen LogP contribution is 2.34. The SMILES string of the molecule is O=C1O[C@@]2(CCN(C(=O)c3cccc(OCCN4CCOCC4)c3)C2)CN1Cc1ccccc1. The summed E-state index contributed by atoms with van der Waals surface area (Å²) in [4.78, 5) is 31.6. The lowest BCUT2D eigenvalue weighted by Gasteiger charge is -2.26. The molecule has 8 heteroatoms. The Hall–Kier alpha value is -3.10. The first-order valence-electron chi connectivity index (χ1n) is 11.9. The maximum absolute atomic E-state index is 13.2. The van der Waals surface area contributed by atoms with E-state index in [2.05, 4.69) is 4.90 Å². The van der Waals surface area contributed by atoms with E-state index < -0.39 is 5.60 Å². The summed E-state index contributed by atoms with van der Waals surface area (Å²) in [6, 6.07) is 17.2. The number of rotatable bonds is 7. The van der Waals surface area contributed by atoms with E-state index in [0.717, 1.165) is 38.4 Å². The van der Waals surface area contributed by atoms with E-state index in [1.807, 2.05) is 48.5 Å². The standard InChI is InChI=1S/C26H31N3O5/c30-24(22-7-4-8-23(17-22)33-16-13-27-11-14-32-15-12-27)28-10-9-26(19-28)20-29(25(31)34-26)18-21-5-2-1-3-6-21/h1-8,17H,9-16,18-20H2/t26-/m1/s1. The van der Waals surface area contributed by atoms with Gasteiger partial charge in [-0.1, -0.05) is 36.4 Å². The molecule has 0 saturated carbocycles. The average Bonchev–Trinajstić information content (AvgIpc) is 3.41. The van der Waals surface area contributed by atoms with Crippen molar-refractivity contribution in [3.05, 3.63) is 65.7 Å². The van der Waals surface area contributed by atoms with Crippen molar-refractivity contribution in [2.75, 3.05) is 59.1 Å². The number of amides is 2. The van der Waals surface area contributed by atoms with Crippen molar-refractivity contribution in [2.45, 2.75) is 18.6 Å². The van der Waals surface area contributed by atoms with Gasteiger partial charge < -0.3 is 19.1 Å². The van der Waals surface area contributed by atoms with Gasteiger partial charge in [-0.15, -0.1) is 0 Å². The maximum Gasteiger partial charge on any atom is 0.410 e. The molecule has 3 saturated heterocycles. The fourth-order valence-electron chi connectivity index (χ4n) is 4.87. The van der Waals surface area contributed by atoms with E-state index in [1.165, 1.54) is 0 Å². The molecular formula is C26H31N3O5. The van der Waals surface area contributed by atoms with Crippen LogP contribution in [0.3, 0.4) is 0 Å². The van der Waals surface area contributed by atoms with Crippen LogP contribution >= 0.6 is 0 Å². The minimum Gasteiger partial charge on any atom is -0.492 e. The third kappa shape index (κ3) is 5.18. The lowest BCUT2D eigenvalue weighted by Crippen LogP contribution is -2.39. The molecule has 1 spiro atoms. The zero-order valence-electron chi connectivity index (χ0n) is 19.4. The number of hydrogen-bond donors (Lipinski definition) is 0. The first-order valence-corrected chi connectivity index (χ1v) is 11.9. The normalized spacial score (nSPS) is 22.9. The van der Waals surface area contributed by atoms with Crippen molar-refractivity contribution in [1.29, 1.82) is 0 Å². The Morgan fingerprint density at radius 2 is 1.82 bits per heavy atom. The molecule has 3 aliphatic rings. The third-order valence-electron chi connectivity index (χ3n) is 6.72. The molecule has 0 N–H and O–H groups in total. The van der Waals surface area contributed by atoms with Gasteiger partial charge in [-0.2, -0.15) is 0 Å². The summed E-state index contributed by atoms with van der Waals surface area (Å²) in [6.07, 6.45) is 0.333. The lowest BCUT2D eigenvalue weighted by molar-refractivity contribution is 0.0322. The van der Waals surface area contributed by atoms with E-state index in [1.54, 1.807) is 15.9 Å². The van der Waals surface area contributed by atoms with Gasteiger partial charge in [-0.05, 0) is 23.8 Å². The highest BCUT2D eigenvalue weighted by Gasteiger charge is 2.50. The molecule has 3 fully saturated rings. The molecule has 0 aromatic heterocycles. The molecule has 3 aliphatic heterocycles. The largest absolute Gasteiger partial charge is 0.492 e. The Balaban J connectivity index is 1.16. The number of morpholine rings is 1. The quantitative estimate of drug-likeness (QED) is 0.626. The second-order valence-corrected chi connectivity index (χ2v) is 9.20. The zero-order chi connectivity index (χ0) is 23.4. The lowest BCUT2D eigenvalue weighted by atomic mass is 10.0. The van der Waals surface area contributed by atoms with Crippen molar-refractivity contribution in [1.82, 2.24) is 14.7 Å². The number of ether oxygens (including phenoxy) is 3. The predicted molar refractivity (Wildman–Crippen MR) is 126 cm³/mol. The van der Waals surface area contributed by atoms with Crippen LogP contribution in [0.15, 0.2) is 54.6 Å². The van der Waals surface area contributed by atoms with Crippen LogP contribution in [0.2, 0.25) is 0 Å². The van der Waals surface area contributed by atoms with Gasteiger partial charge in [0.05, 0.1) is 26.3 Å². The minimum atomic E-state index is -0.631. The molecule has 0 aliphatic carbocycles. The van der Waals surface area contributed by atoms with Gasteiger partial charge in [0.1, 0.15) is 12.4 Å². The highest BCUT2D eigenvalue weighted by atomic mass is 16.6. The summed E-state index contributed by atoms with van der Waals surface area (Å²) in [7, 11) is 0. The number of carbonyl (C=O) groups is 2. The molecule has 5 rings (SSSR count). The van der Waals surface area contributed by atoms with Gasteiger partial charge in [0.2, 0.25) is 0 Å². The van der Waals surface area contributed by atoms with E-state index in [4.69, 9.17) is 14.2 Å². The zero-order valence-corrected chi connectivity index (χ0v) is 19.4. The molecule has 2 aromatic carbocycles. The molecule has 1 atom stereocenters. The average molecular weight is 466 g/mol. The third-order valence-corrected chi connectivity index (χ3v) is 6.72. The summed E-state index contributed by atoms with van der Waals surface area (Å²) >= 11 is 0. The van der Waals surface area contributed by atoms with Crippen LogP contribution in [-0.4, -0.2) is 91.4 Å². The van der Waals surface area contributed by atoms with Crippen LogP contribution in [0.1, 0.15) is 22.3 Å². The minimum absolute atomic E-state index is 0.0620. The summed E-state index contributed by atoms with van der Waals surface area (Å²) < 4.78 is 17.1. The Morgan fingerprint density at radius 3 is 2.65 bits per heavy atom. The van der Waals surface area contributed by atoms with Crippen molar-refractivity contribution in [3.8, 4) is 5.75 Å². The predicted octanol–water partition coefficient (Wildman–Crippen LogP) is 2.63. The number of carbonyl (C=O) groups excluding carboxylic acids is 2. The second kappa shape index (κ2) is 10.0. The molecular weight excluding hydrogens is 434 g/mol. The molecule has 2 amide bonds. The first kappa shape index (κ1) is 22.7. The van der Waals surface area contributed by atoms with Crippen LogP contribution in [0.4, 0.5) is 4.79 Å². The molecule has 0 unspecified atom stereocenters. The van der Waals surface area contributed by atoms with Gasteiger partial charge in [0, 0.05) is 44.7 Å². The summed E-state index contributed by atoms with van der Waals surface area (Å²) in [5.41, 5.74) is 1.02. The van der Waals surface area contributed by atoms with Crippen LogP contribution < -0.4 is 4.74 Å². The second-order valence-electron chi connectivity index (χ2n) is 9.20. The van der Waals surface area contributed by atoms with Gasteiger partial charge in [0.15, 0.2) is 5.60 Å². The number of hydrogen-bond acceptors (Lipinski definition) is 6. The highest BCUT2D eigenvalue weighted by molar-refractivity contribution is 5.95. The monoisotopic (exact) mass is 465 g/mol. The fourth-order valence-corrected chi connectivity index (χ4v) is 4.87. The van der Waals surface area contributed by atoms with E-state index in [9.17, 15) is 9.59 Å². The van der Waals surface area contributed by atoms with Crippen molar-refractivity contribution in [3.63, 3.8) is 0 Å². The van der Waals surface area contributed by atoms with Crippen LogP contribution in [0.5, 0.6) is 5.75 Å².